The average Bonchev–Trinajstić information content (AvgIpc) is 3.22. The Morgan fingerprint density at radius 1 is 1.44 bits per heavy atom. The predicted molar refractivity (Wildman–Crippen MR) is 96.2 cm³/mol. The fourth-order valence-corrected chi connectivity index (χ4v) is 3.55. The number of hydrogen-bond acceptors (Lipinski definition) is 6. The minimum absolute atomic E-state index is 0.0245. The summed E-state index contributed by atoms with van der Waals surface area (Å²) in [4.78, 5) is 27.8. The minimum Gasteiger partial charge on any atom is -0.458 e. The third-order valence-corrected chi connectivity index (χ3v) is 4.91. The molecule has 0 saturated carbocycles. The number of nitrogens with one attached hydrogen (secondary N) is 3. The number of anilines is 1. The molecule has 1 saturated heterocycles. The van der Waals surface area contributed by atoms with Crippen LogP contribution in [0, 0.1) is 5.92 Å². The van der Waals surface area contributed by atoms with Crippen LogP contribution in [0.15, 0.2) is 21.9 Å². The topological polar surface area (TPSA) is 96.3 Å². The van der Waals surface area contributed by atoms with Gasteiger partial charge in [0, 0.05) is 24.3 Å². The van der Waals surface area contributed by atoms with E-state index in [2.05, 4.69) is 27.9 Å². The lowest BCUT2D eigenvalue weighted by atomic mass is 9.93. The zero-order chi connectivity index (χ0) is 17.8. The highest BCUT2D eigenvalue weighted by molar-refractivity contribution is 7.14. The molecule has 1 aliphatic heterocycles. The molecule has 134 valence electrons. The Balaban J connectivity index is 1.60. The zero-order valence-corrected chi connectivity index (χ0v) is 15.1. The molecule has 2 amide bonds. The van der Waals surface area contributed by atoms with Gasteiger partial charge in [-0.15, -0.1) is 11.3 Å². The van der Waals surface area contributed by atoms with E-state index in [1.807, 2.05) is 11.4 Å². The van der Waals surface area contributed by atoms with Gasteiger partial charge in [-0.1, -0.05) is 0 Å². The summed E-state index contributed by atoms with van der Waals surface area (Å²) in [5.41, 5.74) is 0.674. The van der Waals surface area contributed by atoms with Crippen LogP contribution >= 0.6 is 11.3 Å². The van der Waals surface area contributed by atoms with Crippen molar-refractivity contribution in [3.8, 4) is 11.5 Å². The zero-order valence-electron chi connectivity index (χ0n) is 14.3. The second-order valence-corrected chi connectivity index (χ2v) is 7.14. The number of piperidine rings is 1. The second-order valence-electron chi connectivity index (χ2n) is 6.28. The number of thiazole rings is 1. The average molecular weight is 362 g/mol. The number of furan rings is 1. The first-order valence-corrected chi connectivity index (χ1v) is 9.22. The minimum atomic E-state index is -0.108. The van der Waals surface area contributed by atoms with Gasteiger partial charge >= 0.3 is 0 Å². The van der Waals surface area contributed by atoms with E-state index >= 15 is 0 Å². The van der Waals surface area contributed by atoms with Crippen molar-refractivity contribution in [2.45, 2.75) is 39.3 Å². The molecule has 0 spiro atoms. The third-order valence-electron chi connectivity index (χ3n) is 4.15. The normalized spacial score (nSPS) is 20.2. The van der Waals surface area contributed by atoms with Crippen molar-refractivity contribution in [3.63, 3.8) is 0 Å². The van der Waals surface area contributed by atoms with Crippen LogP contribution in [-0.4, -0.2) is 29.4 Å². The molecule has 2 atom stereocenters. The molecule has 0 aliphatic carbocycles. The lowest BCUT2D eigenvalue weighted by Crippen LogP contribution is -2.40. The molecule has 0 aromatic carbocycles. The lowest BCUT2D eigenvalue weighted by Gasteiger charge is -2.26. The van der Waals surface area contributed by atoms with Gasteiger partial charge in [0.2, 0.25) is 11.8 Å². The highest BCUT2D eigenvalue weighted by Crippen LogP contribution is 2.27. The van der Waals surface area contributed by atoms with E-state index in [0.717, 1.165) is 19.4 Å². The summed E-state index contributed by atoms with van der Waals surface area (Å²) >= 11 is 1.38. The van der Waals surface area contributed by atoms with Crippen LogP contribution in [0.4, 0.5) is 5.13 Å². The van der Waals surface area contributed by atoms with Gasteiger partial charge in [-0.2, -0.15) is 0 Å². The van der Waals surface area contributed by atoms with Crippen molar-refractivity contribution in [3.05, 3.63) is 23.3 Å². The number of hydrogen-bond donors (Lipinski definition) is 3. The Kier molecular flexibility index (Phi) is 5.50. The monoisotopic (exact) mass is 362 g/mol. The summed E-state index contributed by atoms with van der Waals surface area (Å²) in [5.74, 6) is 1.22. The van der Waals surface area contributed by atoms with E-state index in [0.29, 0.717) is 34.9 Å². The van der Waals surface area contributed by atoms with E-state index in [-0.39, 0.29) is 17.7 Å². The Morgan fingerprint density at radius 2 is 2.28 bits per heavy atom. The molecule has 0 unspecified atom stereocenters. The maximum Gasteiger partial charge on any atom is 0.229 e. The molecule has 1 fully saturated rings. The standard InChI is InChI=1S/C17H22N4O3S/c1-10-7-12(5-6-18-10)16(23)21-17-20-14(9-25-17)15-4-3-13(24-15)8-19-11(2)22/h3-4,9-10,12,18H,5-8H2,1-2H3,(H,19,22)(H,20,21,23)/t10-,12-/m0/s1. The highest BCUT2D eigenvalue weighted by atomic mass is 32.1. The number of amides is 2. The Labute approximate surface area is 150 Å². The van der Waals surface area contributed by atoms with Crippen LogP contribution in [0.25, 0.3) is 11.5 Å². The van der Waals surface area contributed by atoms with Gasteiger partial charge < -0.3 is 20.4 Å². The Bertz CT molecular complexity index is 755. The third kappa shape index (κ3) is 4.67. The molecule has 0 radical (unpaired) electrons. The van der Waals surface area contributed by atoms with Crippen molar-refractivity contribution in [2.75, 3.05) is 11.9 Å². The molecule has 3 rings (SSSR count). The first kappa shape index (κ1) is 17.6. The number of carbonyl (C=O) groups is 2. The van der Waals surface area contributed by atoms with Crippen LogP contribution in [0.2, 0.25) is 0 Å². The quantitative estimate of drug-likeness (QED) is 0.759. The molecule has 7 nitrogen and oxygen atoms in total. The van der Waals surface area contributed by atoms with Crippen molar-refractivity contribution < 1.29 is 14.0 Å². The van der Waals surface area contributed by atoms with Gasteiger partial charge in [0.05, 0.1) is 6.54 Å². The fraction of sp³-hybridized carbons (Fsp3) is 0.471. The fourth-order valence-electron chi connectivity index (χ4n) is 2.84. The molecule has 2 aromatic heterocycles. The molecular formula is C17H22N4O3S. The molecule has 1 aliphatic rings. The van der Waals surface area contributed by atoms with E-state index in [1.165, 1.54) is 18.3 Å². The first-order valence-electron chi connectivity index (χ1n) is 8.34. The molecule has 3 heterocycles. The van der Waals surface area contributed by atoms with E-state index in [4.69, 9.17) is 4.42 Å². The van der Waals surface area contributed by atoms with Gasteiger partial charge in [-0.05, 0) is 38.4 Å². The van der Waals surface area contributed by atoms with Crippen molar-refractivity contribution in [1.82, 2.24) is 15.6 Å². The maximum absolute atomic E-state index is 12.4. The van der Waals surface area contributed by atoms with Gasteiger partial charge in [-0.3, -0.25) is 9.59 Å². The van der Waals surface area contributed by atoms with E-state index < -0.39 is 0 Å². The number of rotatable bonds is 5. The summed E-state index contributed by atoms with van der Waals surface area (Å²) in [5, 5.41) is 11.4. The van der Waals surface area contributed by atoms with E-state index in [1.54, 1.807) is 6.07 Å². The SMILES string of the molecule is CC(=O)NCc1ccc(-c2csc(NC(=O)[C@H]3CCN[C@@H](C)C3)n2)o1. The summed E-state index contributed by atoms with van der Waals surface area (Å²) in [7, 11) is 0. The molecule has 25 heavy (non-hydrogen) atoms. The molecule has 0 bridgehead atoms. The van der Waals surface area contributed by atoms with Crippen LogP contribution in [-0.2, 0) is 16.1 Å². The Morgan fingerprint density at radius 3 is 3.04 bits per heavy atom. The number of aromatic nitrogens is 1. The number of nitrogens with zero attached hydrogens (tertiary/aromatic N) is 1. The van der Waals surface area contributed by atoms with Crippen LogP contribution < -0.4 is 16.0 Å². The lowest BCUT2D eigenvalue weighted by molar-refractivity contribution is -0.121. The summed E-state index contributed by atoms with van der Waals surface area (Å²) < 4.78 is 5.68. The molecule has 3 N–H and O–H groups in total. The van der Waals surface area contributed by atoms with Crippen LogP contribution in [0.3, 0.4) is 0 Å². The Hall–Kier alpha value is -2.19. The highest BCUT2D eigenvalue weighted by Gasteiger charge is 2.25. The van der Waals surface area contributed by atoms with Gasteiger partial charge in [-0.25, -0.2) is 4.98 Å². The molecule has 8 heteroatoms. The van der Waals surface area contributed by atoms with Crippen molar-refractivity contribution >= 4 is 28.3 Å². The first-order chi connectivity index (χ1) is 12.0. The van der Waals surface area contributed by atoms with Gasteiger partial charge in [0.25, 0.3) is 0 Å². The summed E-state index contributed by atoms with van der Waals surface area (Å²) in [6.07, 6.45) is 1.69. The number of carbonyl (C=O) groups excluding carboxylic acids is 2. The predicted octanol–water partition coefficient (Wildman–Crippen LogP) is 2.37. The largest absolute Gasteiger partial charge is 0.458 e. The van der Waals surface area contributed by atoms with Crippen molar-refractivity contribution in [1.29, 1.82) is 0 Å². The van der Waals surface area contributed by atoms with Gasteiger partial charge in [0.15, 0.2) is 10.9 Å². The second kappa shape index (κ2) is 7.79. The molecular weight excluding hydrogens is 340 g/mol. The van der Waals surface area contributed by atoms with Crippen molar-refractivity contribution in [2.24, 2.45) is 5.92 Å². The van der Waals surface area contributed by atoms with Gasteiger partial charge in [0.1, 0.15) is 11.5 Å². The summed E-state index contributed by atoms with van der Waals surface area (Å²) in [6.45, 7) is 4.77. The maximum atomic E-state index is 12.4. The smallest absolute Gasteiger partial charge is 0.229 e. The summed E-state index contributed by atoms with van der Waals surface area (Å²) in [6, 6.07) is 3.98. The van der Waals surface area contributed by atoms with E-state index in [9.17, 15) is 9.59 Å². The van der Waals surface area contributed by atoms with Crippen LogP contribution in [0.1, 0.15) is 32.4 Å². The van der Waals surface area contributed by atoms with Crippen LogP contribution in [0.5, 0.6) is 0 Å². The molecule has 2 aromatic rings.